The van der Waals surface area contributed by atoms with Crippen molar-refractivity contribution >= 4 is 18.4 Å². The number of aromatic amines is 1. The van der Waals surface area contributed by atoms with Crippen LogP contribution in [0.15, 0.2) is 11.1 Å². The van der Waals surface area contributed by atoms with Crippen molar-refractivity contribution in [2.75, 3.05) is 11.5 Å². The summed E-state index contributed by atoms with van der Waals surface area (Å²) in [4.78, 5) is 6.43. The Morgan fingerprint density at radius 3 is 2.70 bits per heavy atom. The van der Waals surface area contributed by atoms with E-state index >= 15 is 0 Å². The first-order valence-electron chi connectivity index (χ1n) is 2.89. The fourth-order valence-electron chi connectivity index (χ4n) is 0.789. The van der Waals surface area contributed by atoms with Crippen LogP contribution in [0.25, 0.3) is 0 Å². The molecular weight excluding hydrogens is 128 g/mol. The topological polar surface area (TPSA) is 80.2 Å². The number of nitrogens with zero attached hydrogens (tertiary/aromatic N) is 1. The van der Waals surface area contributed by atoms with Crippen molar-refractivity contribution in [1.29, 1.82) is 0 Å². The van der Waals surface area contributed by atoms with Crippen LogP contribution in [0.5, 0.6) is 0 Å². The predicted octanol–water partition coefficient (Wildman–Crippen LogP) is 0.380. The van der Waals surface area contributed by atoms with E-state index in [9.17, 15) is 0 Å². The first-order chi connectivity index (χ1) is 4.74. The molecule has 0 radical (unpaired) electrons. The summed E-state index contributed by atoms with van der Waals surface area (Å²) in [6.45, 7) is 3.86. The van der Waals surface area contributed by atoms with Crippen LogP contribution < -0.4 is 11.5 Å². The predicted molar refractivity (Wildman–Crippen MR) is 42.9 cm³/mol. The number of nitrogen functional groups attached to an aromatic ring is 2. The first kappa shape index (κ1) is 6.67. The third-order valence-corrected chi connectivity index (χ3v) is 1.24. The van der Waals surface area contributed by atoms with Crippen molar-refractivity contribution in [1.82, 2.24) is 4.98 Å². The lowest BCUT2D eigenvalue weighted by Crippen LogP contribution is -1.89. The average molecular weight is 138 g/mol. The Morgan fingerprint density at radius 1 is 1.60 bits per heavy atom. The number of anilines is 2. The summed E-state index contributed by atoms with van der Waals surface area (Å²) in [6.07, 6.45) is 0. The molecule has 5 N–H and O–H groups in total. The Hall–Kier alpha value is -1.45. The molecule has 1 heterocycles. The third kappa shape index (κ3) is 1.10. The minimum atomic E-state index is 0.513. The number of H-pyrrole nitrogens is 1. The van der Waals surface area contributed by atoms with Crippen molar-refractivity contribution in [2.45, 2.75) is 6.54 Å². The zero-order valence-electron chi connectivity index (χ0n) is 5.59. The molecule has 1 aromatic heterocycles. The molecule has 4 nitrogen and oxygen atoms in total. The number of nitrogens with one attached hydrogen (secondary N) is 1. The van der Waals surface area contributed by atoms with Crippen LogP contribution in [0.4, 0.5) is 11.6 Å². The van der Waals surface area contributed by atoms with Gasteiger partial charge in [-0.2, -0.15) is 0 Å². The molecule has 0 amide bonds. The Labute approximate surface area is 58.9 Å². The largest absolute Gasteiger partial charge is 0.385 e. The highest BCUT2D eigenvalue weighted by Gasteiger charge is 1.99. The van der Waals surface area contributed by atoms with Gasteiger partial charge in [0.2, 0.25) is 0 Å². The van der Waals surface area contributed by atoms with Gasteiger partial charge in [0.05, 0.1) is 6.54 Å². The average Bonchev–Trinajstić information content (AvgIpc) is 2.13. The zero-order valence-corrected chi connectivity index (χ0v) is 5.59. The highest BCUT2D eigenvalue weighted by Crippen LogP contribution is 2.14. The molecule has 0 aliphatic carbocycles. The SMILES string of the molecule is C=NCc1cc(N)[nH]c1N. The van der Waals surface area contributed by atoms with E-state index in [-0.39, 0.29) is 0 Å². The van der Waals surface area contributed by atoms with Crippen molar-refractivity contribution in [2.24, 2.45) is 4.99 Å². The van der Waals surface area contributed by atoms with E-state index < -0.39 is 0 Å². The van der Waals surface area contributed by atoms with Crippen LogP contribution in [0.1, 0.15) is 5.56 Å². The molecule has 0 atom stereocenters. The molecule has 4 heteroatoms. The van der Waals surface area contributed by atoms with Crippen LogP contribution >= 0.6 is 0 Å². The van der Waals surface area contributed by atoms with Gasteiger partial charge < -0.3 is 16.5 Å². The summed E-state index contributed by atoms with van der Waals surface area (Å²) in [5.41, 5.74) is 11.8. The van der Waals surface area contributed by atoms with Gasteiger partial charge in [-0.15, -0.1) is 0 Å². The van der Waals surface area contributed by atoms with E-state index in [1.54, 1.807) is 6.07 Å². The number of rotatable bonds is 2. The van der Waals surface area contributed by atoms with E-state index in [1.807, 2.05) is 0 Å². The molecule has 0 saturated heterocycles. The fraction of sp³-hybridized carbons (Fsp3) is 0.167. The Bertz CT molecular complexity index is 238. The van der Waals surface area contributed by atoms with Crippen molar-refractivity contribution in [3.63, 3.8) is 0 Å². The molecule has 0 saturated carbocycles. The van der Waals surface area contributed by atoms with E-state index in [0.717, 1.165) is 5.56 Å². The van der Waals surface area contributed by atoms with Crippen molar-refractivity contribution in [3.8, 4) is 0 Å². The van der Waals surface area contributed by atoms with Crippen LogP contribution in [-0.4, -0.2) is 11.7 Å². The van der Waals surface area contributed by atoms with Gasteiger partial charge in [0, 0.05) is 5.56 Å². The van der Waals surface area contributed by atoms with E-state index in [0.29, 0.717) is 18.2 Å². The fourth-order valence-corrected chi connectivity index (χ4v) is 0.789. The number of hydrogen-bond donors (Lipinski definition) is 3. The monoisotopic (exact) mass is 138 g/mol. The molecule has 0 aromatic carbocycles. The molecule has 0 fully saturated rings. The summed E-state index contributed by atoms with van der Waals surface area (Å²) >= 11 is 0. The molecule has 0 spiro atoms. The van der Waals surface area contributed by atoms with Crippen LogP contribution in [0, 0.1) is 0 Å². The molecule has 1 aromatic rings. The second-order valence-corrected chi connectivity index (χ2v) is 2.05. The second-order valence-electron chi connectivity index (χ2n) is 2.05. The van der Waals surface area contributed by atoms with Crippen LogP contribution in [-0.2, 0) is 6.54 Å². The van der Waals surface area contributed by atoms with Crippen LogP contribution in [0.2, 0.25) is 0 Å². The highest BCUT2D eigenvalue weighted by atomic mass is 14.9. The lowest BCUT2D eigenvalue weighted by Gasteiger charge is -1.89. The maximum absolute atomic E-state index is 5.50. The van der Waals surface area contributed by atoms with E-state index in [2.05, 4.69) is 16.7 Å². The summed E-state index contributed by atoms with van der Waals surface area (Å²) in [7, 11) is 0. The van der Waals surface area contributed by atoms with Gasteiger partial charge in [-0.3, -0.25) is 4.99 Å². The van der Waals surface area contributed by atoms with Crippen molar-refractivity contribution < 1.29 is 0 Å². The summed E-state index contributed by atoms with van der Waals surface area (Å²) in [5.74, 6) is 1.14. The minimum absolute atomic E-state index is 0.513. The van der Waals surface area contributed by atoms with Gasteiger partial charge in [0.1, 0.15) is 11.6 Å². The number of aliphatic imine (C=N–C) groups is 1. The van der Waals surface area contributed by atoms with Crippen LogP contribution in [0.3, 0.4) is 0 Å². The Kier molecular flexibility index (Phi) is 1.62. The lowest BCUT2D eigenvalue weighted by atomic mass is 10.3. The summed E-state index contributed by atoms with van der Waals surface area (Å²) in [6, 6.07) is 1.75. The van der Waals surface area contributed by atoms with Gasteiger partial charge in [0.25, 0.3) is 0 Å². The quantitative estimate of drug-likeness (QED) is 0.516. The lowest BCUT2D eigenvalue weighted by molar-refractivity contribution is 1.09. The van der Waals surface area contributed by atoms with Gasteiger partial charge in [-0.05, 0) is 12.8 Å². The molecule has 0 aliphatic heterocycles. The number of aromatic nitrogens is 1. The number of nitrogens with two attached hydrogens (primary N) is 2. The summed E-state index contributed by atoms with van der Waals surface area (Å²) < 4.78 is 0. The standard InChI is InChI=1S/C6H10N4/c1-9-3-4-2-5(7)10-6(4)8/h2,10H,1,3,7-8H2. The first-order valence-corrected chi connectivity index (χ1v) is 2.89. The van der Waals surface area contributed by atoms with Gasteiger partial charge >= 0.3 is 0 Å². The molecule has 0 aliphatic rings. The normalized spacial score (nSPS) is 9.60. The molecule has 0 unspecified atom stereocenters. The maximum atomic E-state index is 5.50. The van der Waals surface area contributed by atoms with E-state index in [1.165, 1.54) is 0 Å². The summed E-state index contributed by atoms with van der Waals surface area (Å²) in [5, 5.41) is 0. The highest BCUT2D eigenvalue weighted by molar-refractivity contribution is 5.50. The maximum Gasteiger partial charge on any atom is 0.107 e. The Balaban J connectivity index is 2.91. The third-order valence-electron chi connectivity index (χ3n) is 1.24. The molecule has 54 valence electrons. The number of hydrogen-bond acceptors (Lipinski definition) is 3. The molecular formula is C6H10N4. The molecule has 0 bridgehead atoms. The molecule has 10 heavy (non-hydrogen) atoms. The van der Waals surface area contributed by atoms with Gasteiger partial charge in [-0.1, -0.05) is 0 Å². The second kappa shape index (κ2) is 2.43. The van der Waals surface area contributed by atoms with Gasteiger partial charge in [0.15, 0.2) is 0 Å². The minimum Gasteiger partial charge on any atom is -0.385 e. The Morgan fingerprint density at radius 2 is 2.30 bits per heavy atom. The van der Waals surface area contributed by atoms with E-state index in [4.69, 9.17) is 11.5 Å². The smallest absolute Gasteiger partial charge is 0.107 e. The zero-order chi connectivity index (χ0) is 7.56. The van der Waals surface area contributed by atoms with Crippen molar-refractivity contribution in [3.05, 3.63) is 11.6 Å². The molecule has 1 rings (SSSR count). The van der Waals surface area contributed by atoms with Gasteiger partial charge in [-0.25, -0.2) is 0 Å².